The number of carbonyl (C=O) groups excluding carboxylic acids is 1. The Hall–Kier alpha value is -3.53. The van der Waals surface area contributed by atoms with E-state index in [1.807, 2.05) is 61.5 Å². The second-order valence-corrected chi connectivity index (χ2v) is 7.58. The first-order valence-electron chi connectivity index (χ1n) is 10.2. The summed E-state index contributed by atoms with van der Waals surface area (Å²) in [6.07, 6.45) is 4.31. The number of hydrogen-bond donors (Lipinski definition) is 2. The molecule has 0 radical (unpaired) electrons. The highest BCUT2D eigenvalue weighted by atomic mass is 16.5. The van der Waals surface area contributed by atoms with Crippen LogP contribution in [-0.2, 0) is 4.74 Å². The average molecular weight is 399 g/mol. The Balaban J connectivity index is 1.28. The largest absolute Gasteiger partial charge is 0.449 e. The van der Waals surface area contributed by atoms with Crippen LogP contribution in [0.2, 0.25) is 0 Å². The lowest BCUT2D eigenvalue weighted by Crippen LogP contribution is -2.26. The smallest absolute Gasteiger partial charge is 0.407 e. The van der Waals surface area contributed by atoms with Crippen molar-refractivity contribution in [1.82, 2.24) is 5.32 Å². The van der Waals surface area contributed by atoms with Crippen LogP contribution in [0.15, 0.2) is 72.8 Å². The fourth-order valence-electron chi connectivity index (χ4n) is 3.96. The first-order chi connectivity index (χ1) is 14.6. The Labute approximate surface area is 177 Å². The van der Waals surface area contributed by atoms with Gasteiger partial charge >= 0.3 is 6.09 Å². The molecule has 1 amide bonds. The van der Waals surface area contributed by atoms with Gasteiger partial charge in [0.25, 0.3) is 0 Å². The molecule has 0 fully saturated rings. The van der Waals surface area contributed by atoms with Gasteiger partial charge in [-0.05, 0) is 53.3 Å². The zero-order valence-corrected chi connectivity index (χ0v) is 17.1. The van der Waals surface area contributed by atoms with Crippen molar-refractivity contribution in [2.24, 2.45) is 0 Å². The SMILES string of the molecule is Cc1ccc(N)c(C=CCCNC(=O)OCC2c3ccccc3-c3ccccc32)c1. The number of nitrogens with one attached hydrogen (secondary N) is 1. The van der Waals surface area contributed by atoms with Crippen molar-refractivity contribution in [2.75, 3.05) is 18.9 Å². The number of nitrogen functional groups attached to an aromatic ring is 1. The Morgan fingerprint density at radius 3 is 2.40 bits per heavy atom. The van der Waals surface area contributed by atoms with Gasteiger partial charge in [0.05, 0.1) is 0 Å². The molecule has 1 aliphatic rings. The van der Waals surface area contributed by atoms with Crippen LogP contribution in [0.25, 0.3) is 17.2 Å². The molecule has 0 unspecified atom stereocenters. The molecular formula is C26H26N2O2. The number of carbonyl (C=O) groups is 1. The Bertz CT molecular complexity index is 1040. The first-order valence-corrected chi connectivity index (χ1v) is 10.2. The van der Waals surface area contributed by atoms with Gasteiger partial charge in [0.2, 0.25) is 0 Å². The number of benzene rings is 3. The second kappa shape index (κ2) is 8.87. The van der Waals surface area contributed by atoms with E-state index in [0.29, 0.717) is 19.6 Å². The monoisotopic (exact) mass is 398 g/mol. The molecule has 4 rings (SSSR count). The number of anilines is 1. The minimum absolute atomic E-state index is 0.0762. The number of amides is 1. The topological polar surface area (TPSA) is 64.3 Å². The van der Waals surface area contributed by atoms with Crippen LogP contribution in [0.4, 0.5) is 10.5 Å². The van der Waals surface area contributed by atoms with E-state index in [9.17, 15) is 4.79 Å². The molecule has 0 spiro atoms. The number of hydrogen-bond acceptors (Lipinski definition) is 3. The van der Waals surface area contributed by atoms with Gasteiger partial charge in [-0.15, -0.1) is 0 Å². The quantitative estimate of drug-likeness (QED) is 0.424. The fourth-order valence-corrected chi connectivity index (χ4v) is 3.96. The molecule has 4 heteroatoms. The molecule has 3 N–H and O–H groups in total. The maximum absolute atomic E-state index is 12.2. The third kappa shape index (κ3) is 4.23. The van der Waals surface area contributed by atoms with E-state index in [-0.39, 0.29) is 12.0 Å². The molecule has 0 atom stereocenters. The summed E-state index contributed by atoms with van der Waals surface area (Å²) in [4.78, 5) is 12.2. The van der Waals surface area contributed by atoms with Gasteiger partial charge in [0.1, 0.15) is 6.61 Å². The highest BCUT2D eigenvalue weighted by molar-refractivity contribution is 5.79. The number of aryl methyl sites for hydroxylation is 1. The molecule has 1 aliphatic carbocycles. The summed E-state index contributed by atoms with van der Waals surface area (Å²) >= 11 is 0. The maximum Gasteiger partial charge on any atom is 0.407 e. The van der Waals surface area contributed by atoms with Gasteiger partial charge in [-0.25, -0.2) is 4.79 Å². The number of nitrogens with two attached hydrogens (primary N) is 1. The van der Waals surface area contributed by atoms with Crippen LogP contribution in [0.5, 0.6) is 0 Å². The van der Waals surface area contributed by atoms with E-state index in [0.717, 1.165) is 11.3 Å². The van der Waals surface area contributed by atoms with E-state index in [4.69, 9.17) is 10.5 Å². The Kier molecular flexibility index (Phi) is 5.84. The van der Waals surface area contributed by atoms with Crippen LogP contribution in [0.1, 0.15) is 34.6 Å². The lowest BCUT2D eigenvalue weighted by molar-refractivity contribution is 0.143. The molecule has 30 heavy (non-hydrogen) atoms. The predicted molar refractivity (Wildman–Crippen MR) is 122 cm³/mol. The molecule has 0 heterocycles. The summed E-state index contributed by atoms with van der Waals surface area (Å²) in [7, 11) is 0. The Morgan fingerprint density at radius 2 is 1.70 bits per heavy atom. The average Bonchev–Trinajstić information content (AvgIpc) is 3.08. The van der Waals surface area contributed by atoms with Crippen molar-refractivity contribution in [1.29, 1.82) is 0 Å². The zero-order chi connectivity index (χ0) is 20.9. The number of ether oxygens (including phenoxy) is 1. The van der Waals surface area contributed by atoms with Crippen molar-refractivity contribution in [3.05, 3.63) is 95.1 Å². The van der Waals surface area contributed by atoms with Crippen molar-refractivity contribution in [2.45, 2.75) is 19.3 Å². The lowest BCUT2D eigenvalue weighted by Gasteiger charge is -2.14. The highest BCUT2D eigenvalue weighted by Crippen LogP contribution is 2.44. The summed E-state index contributed by atoms with van der Waals surface area (Å²) in [6, 6.07) is 22.6. The van der Waals surface area contributed by atoms with Crippen molar-refractivity contribution >= 4 is 17.9 Å². The third-order valence-corrected chi connectivity index (χ3v) is 5.46. The summed E-state index contributed by atoms with van der Waals surface area (Å²) < 4.78 is 5.55. The fraction of sp³-hybridized carbons (Fsp3) is 0.192. The summed E-state index contributed by atoms with van der Waals surface area (Å²) in [6.45, 7) is 2.88. The number of rotatable bonds is 6. The van der Waals surface area contributed by atoms with E-state index in [1.165, 1.54) is 27.8 Å². The van der Waals surface area contributed by atoms with Gasteiger partial charge in [-0.3, -0.25) is 0 Å². The summed E-state index contributed by atoms with van der Waals surface area (Å²) in [5.41, 5.74) is 13.8. The third-order valence-electron chi connectivity index (χ3n) is 5.46. The van der Waals surface area contributed by atoms with Crippen LogP contribution >= 0.6 is 0 Å². The molecular weight excluding hydrogens is 372 g/mol. The molecule has 0 aromatic heterocycles. The van der Waals surface area contributed by atoms with Crippen LogP contribution in [0.3, 0.4) is 0 Å². The van der Waals surface area contributed by atoms with Crippen molar-refractivity contribution < 1.29 is 9.53 Å². The van der Waals surface area contributed by atoms with Gasteiger partial charge in [0, 0.05) is 18.2 Å². The molecule has 0 saturated heterocycles. The van der Waals surface area contributed by atoms with Gasteiger partial charge in [0.15, 0.2) is 0 Å². The van der Waals surface area contributed by atoms with Gasteiger partial charge < -0.3 is 15.8 Å². The molecule has 3 aromatic carbocycles. The van der Waals surface area contributed by atoms with E-state index in [2.05, 4.69) is 29.6 Å². The lowest BCUT2D eigenvalue weighted by atomic mass is 9.98. The van der Waals surface area contributed by atoms with Gasteiger partial charge in [-0.1, -0.05) is 72.3 Å². The van der Waals surface area contributed by atoms with Crippen LogP contribution in [-0.4, -0.2) is 19.2 Å². The molecule has 152 valence electrons. The zero-order valence-electron chi connectivity index (χ0n) is 17.1. The summed E-state index contributed by atoms with van der Waals surface area (Å²) in [5, 5.41) is 2.82. The maximum atomic E-state index is 12.2. The van der Waals surface area contributed by atoms with E-state index < -0.39 is 0 Å². The van der Waals surface area contributed by atoms with E-state index in [1.54, 1.807) is 0 Å². The minimum Gasteiger partial charge on any atom is -0.449 e. The second-order valence-electron chi connectivity index (χ2n) is 7.58. The standard InChI is InChI=1S/C26H26N2O2/c1-18-13-14-25(27)19(16-18)8-6-7-15-28-26(29)30-17-24-22-11-4-2-9-20(22)21-10-3-5-12-23(21)24/h2-6,8-14,16,24H,7,15,17,27H2,1H3,(H,28,29). The van der Waals surface area contributed by atoms with Crippen molar-refractivity contribution in [3.8, 4) is 11.1 Å². The number of alkyl carbamates (subject to hydrolysis) is 1. The van der Waals surface area contributed by atoms with Gasteiger partial charge in [-0.2, -0.15) is 0 Å². The molecule has 4 nitrogen and oxygen atoms in total. The van der Waals surface area contributed by atoms with Crippen LogP contribution < -0.4 is 11.1 Å². The molecule has 0 saturated carbocycles. The minimum atomic E-state index is -0.389. The predicted octanol–water partition coefficient (Wildman–Crippen LogP) is 5.52. The Morgan fingerprint density at radius 1 is 1.03 bits per heavy atom. The highest BCUT2D eigenvalue weighted by Gasteiger charge is 2.28. The molecule has 0 aliphatic heterocycles. The molecule has 3 aromatic rings. The van der Waals surface area contributed by atoms with Crippen molar-refractivity contribution in [3.63, 3.8) is 0 Å². The van der Waals surface area contributed by atoms with Crippen LogP contribution in [0, 0.1) is 6.92 Å². The molecule has 0 bridgehead atoms. The van der Waals surface area contributed by atoms with E-state index >= 15 is 0 Å². The normalized spacial score (nSPS) is 12.6. The number of fused-ring (bicyclic) bond motifs is 3. The summed E-state index contributed by atoms with van der Waals surface area (Å²) in [5.74, 6) is 0.0762. The first kappa shape index (κ1) is 19.8.